The summed E-state index contributed by atoms with van der Waals surface area (Å²) < 4.78 is 0. The number of nitrogens with one attached hydrogen (secondary N) is 1. The van der Waals surface area contributed by atoms with Crippen LogP contribution in [0.4, 0.5) is 5.69 Å². The molecule has 1 aromatic heterocycles. The molecule has 39 heavy (non-hydrogen) atoms. The molecule has 1 aliphatic heterocycles. The minimum Gasteiger partial charge on any atom is -0.361 e. The Balaban J connectivity index is 0.00000100. The van der Waals surface area contributed by atoms with E-state index in [1.54, 1.807) is 0 Å². The highest BCUT2D eigenvalue weighted by atomic mass is 16.2. The van der Waals surface area contributed by atoms with Crippen molar-refractivity contribution in [2.24, 2.45) is 11.8 Å². The summed E-state index contributed by atoms with van der Waals surface area (Å²) in [6.07, 6.45) is 4.68. The molecule has 2 atom stereocenters. The summed E-state index contributed by atoms with van der Waals surface area (Å²) in [7, 11) is 2.19. The Morgan fingerprint density at radius 2 is 1.62 bits per heavy atom. The maximum absolute atomic E-state index is 14.0. The fourth-order valence-corrected chi connectivity index (χ4v) is 5.60. The lowest BCUT2D eigenvalue weighted by molar-refractivity contribution is -0.122. The summed E-state index contributed by atoms with van der Waals surface area (Å²) in [5, 5.41) is 1.22. The molecule has 0 spiro atoms. The Labute approximate surface area is 236 Å². The fourth-order valence-electron chi connectivity index (χ4n) is 5.60. The van der Waals surface area contributed by atoms with E-state index in [0.717, 1.165) is 50.1 Å². The number of carbonyl (C=O) groups excluding carboxylic acids is 1. The summed E-state index contributed by atoms with van der Waals surface area (Å²) in [5.74, 6) is 0.622. The van der Waals surface area contributed by atoms with Crippen molar-refractivity contribution < 1.29 is 4.79 Å². The van der Waals surface area contributed by atoms with Crippen molar-refractivity contribution in [3.63, 3.8) is 0 Å². The van der Waals surface area contributed by atoms with Gasteiger partial charge in [0.1, 0.15) is 0 Å². The Morgan fingerprint density at radius 3 is 2.36 bits per heavy atom. The first-order chi connectivity index (χ1) is 19.1. The molecule has 0 bridgehead atoms. The summed E-state index contributed by atoms with van der Waals surface area (Å²) in [6.45, 7) is 12.8. The summed E-state index contributed by atoms with van der Waals surface area (Å²) in [4.78, 5) is 21.8. The van der Waals surface area contributed by atoms with Gasteiger partial charge in [-0.05, 0) is 61.1 Å². The zero-order valence-electron chi connectivity index (χ0n) is 24.8. The molecule has 4 nitrogen and oxygen atoms in total. The highest BCUT2D eigenvalue weighted by Crippen LogP contribution is 2.33. The van der Waals surface area contributed by atoms with Crippen LogP contribution in [0.3, 0.4) is 0 Å². The largest absolute Gasteiger partial charge is 0.361 e. The monoisotopic (exact) mass is 525 g/mol. The third kappa shape index (κ3) is 7.60. The van der Waals surface area contributed by atoms with Crippen molar-refractivity contribution >= 4 is 22.5 Å². The lowest BCUT2D eigenvalue weighted by atomic mass is 9.89. The predicted octanol–water partition coefficient (Wildman–Crippen LogP) is 8.13. The molecule has 0 saturated heterocycles. The molecule has 4 aromatic rings. The zero-order chi connectivity index (χ0) is 28.2. The van der Waals surface area contributed by atoms with E-state index in [2.05, 4.69) is 108 Å². The molecule has 208 valence electrons. The van der Waals surface area contributed by atoms with Crippen LogP contribution in [0.1, 0.15) is 57.7 Å². The van der Waals surface area contributed by atoms with Gasteiger partial charge in [0.2, 0.25) is 5.91 Å². The summed E-state index contributed by atoms with van der Waals surface area (Å²) in [5.41, 5.74) is 6.06. The number of H-pyrrole nitrogens is 1. The van der Waals surface area contributed by atoms with Gasteiger partial charge in [0.25, 0.3) is 0 Å². The van der Waals surface area contributed by atoms with Crippen LogP contribution in [0.5, 0.6) is 0 Å². The van der Waals surface area contributed by atoms with Crippen molar-refractivity contribution in [3.05, 3.63) is 102 Å². The second-order valence-corrected chi connectivity index (χ2v) is 10.00. The highest BCUT2D eigenvalue weighted by Gasteiger charge is 2.32. The summed E-state index contributed by atoms with van der Waals surface area (Å²) in [6, 6.07) is 27.4. The maximum Gasteiger partial charge on any atom is 0.230 e. The predicted molar refractivity (Wildman–Crippen MR) is 167 cm³/mol. The second-order valence-electron chi connectivity index (χ2n) is 10.00. The summed E-state index contributed by atoms with van der Waals surface area (Å²) >= 11 is 0. The van der Waals surface area contributed by atoms with Crippen molar-refractivity contribution in [1.29, 1.82) is 0 Å². The number of carbonyl (C=O) groups is 1. The van der Waals surface area contributed by atoms with Gasteiger partial charge in [0, 0.05) is 48.3 Å². The normalized spacial score (nSPS) is 15.1. The van der Waals surface area contributed by atoms with E-state index >= 15 is 0 Å². The number of nitrogens with zero attached hydrogens (tertiary/aromatic N) is 2. The van der Waals surface area contributed by atoms with Crippen molar-refractivity contribution in [2.75, 3.05) is 25.0 Å². The van der Waals surface area contributed by atoms with E-state index in [1.165, 1.54) is 22.1 Å². The van der Waals surface area contributed by atoms with Crippen LogP contribution in [-0.4, -0.2) is 35.9 Å². The molecule has 0 aliphatic carbocycles. The number of rotatable bonds is 8. The molecule has 4 heteroatoms. The van der Waals surface area contributed by atoms with Gasteiger partial charge >= 0.3 is 0 Å². The number of hydrogen-bond acceptors (Lipinski definition) is 2. The van der Waals surface area contributed by atoms with Gasteiger partial charge in [-0.2, -0.15) is 0 Å². The van der Waals surface area contributed by atoms with Crippen molar-refractivity contribution in [2.45, 2.75) is 60.4 Å². The Hall–Kier alpha value is -3.37. The van der Waals surface area contributed by atoms with Gasteiger partial charge in [-0.25, -0.2) is 0 Å². The standard InChI is InChI=1S/C31H35N3O.2C2H6/c1-3-25(18-27-19-32-29-15-9-8-14-28(27)29)31(35)34-22-24(17-26-13-7-10-16-30(26)34)21-33(2)20-23-11-5-4-6-12-23;2*1-2/h4-16,19,24-25,32H,3,17-18,20-22H2,1-2H3;2*1-2H3/t24?,25-;;/m1../s1. The van der Waals surface area contributed by atoms with Crippen molar-refractivity contribution in [1.82, 2.24) is 9.88 Å². The SMILES string of the molecule is CC.CC.CC[C@H](Cc1c[nH]c2ccccc12)C(=O)N1CC(CN(C)Cc2ccccc2)Cc2ccccc21. The number of para-hydroxylation sites is 2. The first-order valence-electron chi connectivity index (χ1n) is 14.8. The number of benzene rings is 3. The molecule has 1 unspecified atom stereocenters. The van der Waals surface area contributed by atoms with Crippen LogP contribution in [0.25, 0.3) is 10.9 Å². The van der Waals surface area contributed by atoms with Crippen LogP contribution in [0.2, 0.25) is 0 Å². The third-order valence-electron chi connectivity index (χ3n) is 7.35. The van der Waals surface area contributed by atoms with Gasteiger partial charge in [0.15, 0.2) is 0 Å². The first-order valence-corrected chi connectivity index (χ1v) is 14.8. The minimum absolute atomic E-state index is 0.0388. The van der Waals surface area contributed by atoms with Gasteiger partial charge in [-0.3, -0.25) is 4.79 Å². The van der Waals surface area contributed by atoms with E-state index in [0.29, 0.717) is 5.92 Å². The van der Waals surface area contributed by atoms with E-state index in [1.807, 2.05) is 33.8 Å². The molecule has 0 radical (unpaired) electrons. The van der Waals surface area contributed by atoms with Crippen LogP contribution >= 0.6 is 0 Å². The number of anilines is 1. The molecule has 1 amide bonds. The molecule has 1 N–H and O–H groups in total. The smallest absolute Gasteiger partial charge is 0.230 e. The lowest BCUT2D eigenvalue weighted by Gasteiger charge is -2.38. The third-order valence-corrected chi connectivity index (χ3v) is 7.35. The van der Waals surface area contributed by atoms with E-state index < -0.39 is 0 Å². The number of hydrogen-bond donors (Lipinski definition) is 1. The quantitative estimate of drug-likeness (QED) is 0.252. The Kier molecular flexibility index (Phi) is 11.8. The maximum atomic E-state index is 14.0. The molecule has 0 fully saturated rings. The van der Waals surface area contributed by atoms with E-state index in [4.69, 9.17) is 0 Å². The average Bonchev–Trinajstić information content (AvgIpc) is 3.40. The molecule has 2 heterocycles. The molecular weight excluding hydrogens is 478 g/mol. The fraction of sp³-hybridized carbons (Fsp3) is 0.400. The molecule has 0 saturated carbocycles. The van der Waals surface area contributed by atoms with E-state index in [9.17, 15) is 4.79 Å². The van der Waals surface area contributed by atoms with Gasteiger partial charge in [-0.1, -0.05) is 101 Å². The number of aromatic nitrogens is 1. The minimum atomic E-state index is -0.0388. The molecule has 1 aliphatic rings. The average molecular weight is 526 g/mol. The molecular formula is C35H47N3O. The van der Waals surface area contributed by atoms with Gasteiger partial charge in [0.05, 0.1) is 0 Å². The number of aromatic amines is 1. The van der Waals surface area contributed by atoms with Crippen LogP contribution in [0.15, 0.2) is 85.1 Å². The zero-order valence-corrected chi connectivity index (χ0v) is 24.8. The van der Waals surface area contributed by atoms with Gasteiger partial charge < -0.3 is 14.8 Å². The Morgan fingerprint density at radius 1 is 0.949 bits per heavy atom. The van der Waals surface area contributed by atoms with Crippen LogP contribution < -0.4 is 4.90 Å². The van der Waals surface area contributed by atoms with Crippen molar-refractivity contribution in [3.8, 4) is 0 Å². The number of amides is 1. The Bertz CT molecular complexity index is 1280. The van der Waals surface area contributed by atoms with Gasteiger partial charge in [-0.15, -0.1) is 0 Å². The number of fused-ring (bicyclic) bond motifs is 2. The van der Waals surface area contributed by atoms with Crippen LogP contribution in [-0.2, 0) is 24.2 Å². The molecule has 5 rings (SSSR count). The van der Waals surface area contributed by atoms with Crippen LogP contribution in [0, 0.1) is 11.8 Å². The second kappa shape index (κ2) is 15.3. The topological polar surface area (TPSA) is 39.3 Å². The lowest BCUT2D eigenvalue weighted by Crippen LogP contribution is -2.46. The molecule has 3 aromatic carbocycles. The highest BCUT2D eigenvalue weighted by molar-refractivity contribution is 5.97. The first kappa shape index (κ1) is 30.2. The van der Waals surface area contributed by atoms with E-state index in [-0.39, 0.29) is 11.8 Å².